The van der Waals surface area contributed by atoms with Gasteiger partial charge in [-0.05, 0) is 31.7 Å². The number of fused-ring (bicyclic) bond motifs is 1. The molecular formula is C15H20N4O2S. The Balaban J connectivity index is 1.82. The van der Waals surface area contributed by atoms with E-state index in [1.54, 1.807) is 11.3 Å². The van der Waals surface area contributed by atoms with Gasteiger partial charge in [-0.1, -0.05) is 0 Å². The fraction of sp³-hybridized carbons (Fsp3) is 0.533. The van der Waals surface area contributed by atoms with Crippen molar-refractivity contribution in [3.05, 3.63) is 16.8 Å². The van der Waals surface area contributed by atoms with E-state index in [1.165, 1.54) is 0 Å². The van der Waals surface area contributed by atoms with Gasteiger partial charge in [0.15, 0.2) is 0 Å². The molecule has 6 nitrogen and oxygen atoms in total. The predicted molar refractivity (Wildman–Crippen MR) is 87.4 cm³/mol. The SMILES string of the molecule is Cc1nc(NC(C)C(=O)N2CCOCC2)c2c(C)csc2n1. The molecule has 0 aromatic carbocycles. The van der Waals surface area contributed by atoms with Crippen molar-refractivity contribution in [3.63, 3.8) is 0 Å². The first kappa shape index (κ1) is 15.2. The second-order valence-corrected chi connectivity index (χ2v) is 6.38. The van der Waals surface area contributed by atoms with Crippen LogP contribution in [0.3, 0.4) is 0 Å². The van der Waals surface area contributed by atoms with Gasteiger partial charge >= 0.3 is 0 Å². The third kappa shape index (κ3) is 2.91. The average molecular weight is 320 g/mol. The molecule has 1 amide bonds. The van der Waals surface area contributed by atoms with Gasteiger partial charge in [0.1, 0.15) is 22.5 Å². The van der Waals surface area contributed by atoms with Crippen LogP contribution in [0.25, 0.3) is 10.2 Å². The van der Waals surface area contributed by atoms with Crippen LogP contribution >= 0.6 is 11.3 Å². The molecule has 0 radical (unpaired) electrons. The van der Waals surface area contributed by atoms with Gasteiger partial charge < -0.3 is 15.0 Å². The monoisotopic (exact) mass is 320 g/mol. The molecule has 0 spiro atoms. The zero-order chi connectivity index (χ0) is 15.7. The maximum atomic E-state index is 12.5. The van der Waals surface area contributed by atoms with Crippen molar-refractivity contribution in [2.45, 2.75) is 26.8 Å². The minimum Gasteiger partial charge on any atom is -0.378 e. The van der Waals surface area contributed by atoms with Gasteiger partial charge in [-0.25, -0.2) is 9.97 Å². The summed E-state index contributed by atoms with van der Waals surface area (Å²) >= 11 is 1.60. The highest BCUT2D eigenvalue weighted by atomic mass is 32.1. The number of ether oxygens (including phenoxy) is 1. The molecule has 0 aliphatic carbocycles. The number of anilines is 1. The van der Waals surface area contributed by atoms with E-state index < -0.39 is 0 Å². The van der Waals surface area contributed by atoms with E-state index in [-0.39, 0.29) is 11.9 Å². The quantitative estimate of drug-likeness (QED) is 0.936. The predicted octanol–water partition coefficient (Wildman–Crippen LogP) is 1.97. The third-order valence-electron chi connectivity index (χ3n) is 3.78. The lowest BCUT2D eigenvalue weighted by Gasteiger charge is -2.29. The molecule has 1 unspecified atom stereocenters. The van der Waals surface area contributed by atoms with Crippen LogP contribution in [0.4, 0.5) is 5.82 Å². The van der Waals surface area contributed by atoms with Crippen LogP contribution in [0.15, 0.2) is 5.38 Å². The van der Waals surface area contributed by atoms with Crippen LogP contribution in [0, 0.1) is 13.8 Å². The number of aromatic nitrogens is 2. The topological polar surface area (TPSA) is 67.4 Å². The average Bonchev–Trinajstić information content (AvgIpc) is 2.88. The molecule has 3 rings (SSSR count). The normalized spacial score (nSPS) is 16.8. The lowest BCUT2D eigenvalue weighted by Crippen LogP contribution is -2.47. The summed E-state index contributed by atoms with van der Waals surface area (Å²) in [5, 5.41) is 6.35. The zero-order valence-corrected chi connectivity index (χ0v) is 13.9. The fourth-order valence-corrected chi connectivity index (χ4v) is 3.59. The summed E-state index contributed by atoms with van der Waals surface area (Å²) in [7, 11) is 0. The van der Waals surface area contributed by atoms with E-state index in [0.717, 1.165) is 21.6 Å². The first-order chi connectivity index (χ1) is 10.6. The number of thiophene rings is 1. The summed E-state index contributed by atoms with van der Waals surface area (Å²) in [4.78, 5) is 24.3. The Morgan fingerprint density at radius 1 is 1.36 bits per heavy atom. The standard InChI is InChI=1S/C15H20N4O2S/c1-9-8-22-14-12(9)13(17-11(3)18-14)16-10(2)15(20)19-4-6-21-7-5-19/h8,10H,4-7H2,1-3H3,(H,16,17,18). The number of aryl methyl sites for hydroxylation is 2. The molecule has 1 fully saturated rings. The van der Waals surface area contributed by atoms with Gasteiger partial charge in [-0.2, -0.15) is 0 Å². The lowest BCUT2D eigenvalue weighted by atomic mass is 10.2. The van der Waals surface area contributed by atoms with E-state index in [9.17, 15) is 4.79 Å². The number of hydrogen-bond acceptors (Lipinski definition) is 6. The second-order valence-electron chi connectivity index (χ2n) is 5.52. The van der Waals surface area contributed by atoms with Gasteiger partial charge in [0.25, 0.3) is 0 Å². The van der Waals surface area contributed by atoms with Crippen molar-refractivity contribution < 1.29 is 9.53 Å². The number of nitrogens with zero attached hydrogens (tertiary/aromatic N) is 3. The first-order valence-electron chi connectivity index (χ1n) is 7.42. The minimum absolute atomic E-state index is 0.0839. The molecule has 1 saturated heterocycles. The van der Waals surface area contributed by atoms with Crippen LogP contribution < -0.4 is 5.32 Å². The number of hydrogen-bond donors (Lipinski definition) is 1. The molecule has 1 atom stereocenters. The first-order valence-corrected chi connectivity index (χ1v) is 8.29. The van der Waals surface area contributed by atoms with E-state index in [4.69, 9.17) is 4.74 Å². The van der Waals surface area contributed by atoms with E-state index in [1.807, 2.05) is 25.7 Å². The molecule has 3 heterocycles. The van der Waals surface area contributed by atoms with Crippen molar-refractivity contribution >= 4 is 33.3 Å². The van der Waals surface area contributed by atoms with Crippen LogP contribution in [-0.2, 0) is 9.53 Å². The number of rotatable bonds is 3. The highest BCUT2D eigenvalue weighted by Crippen LogP contribution is 2.29. The molecule has 0 saturated carbocycles. The summed E-state index contributed by atoms with van der Waals surface area (Å²) in [6.45, 7) is 8.31. The Morgan fingerprint density at radius 2 is 2.09 bits per heavy atom. The molecule has 118 valence electrons. The Kier molecular flexibility index (Phi) is 4.26. The van der Waals surface area contributed by atoms with Gasteiger partial charge in [0, 0.05) is 13.1 Å². The molecule has 7 heteroatoms. The van der Waals surface area contributed by atoms with Crippen molar-refractivity contribution in [2.75, 3.05) is 31.6 Å². The maximum Gasteiger partial charge on any atom is 0.244 e. The Labute approximate surface area is 133 Å². The highest BCUT2D eigenvalue weighted by Gasteiger charge is 2.23. The minimum atomic E-state index is -0.324. The van der Waals surface area contributed by atoms with Crippen LogP contribution in [-0.4, -0.2) is 53.1 Å². The third-order valence-corrected chi connectivity index (χ3v) is 4.77. The number of carbonyl (C=O) groups excluding carboxylic acids is 1. The summed E-state index contributed by atoms with van der Waals surface area (Å²) in [6.07, 6.45) is 0. The molecule has 2 aromatic heterocycles. The zero-order valence-electron chi connectivity index (χ0n) is 13.0. The molecule has 1 N–H and O–H groups in total. The molecule has 2 aromatic rings. The Morgan fingerprint density at radius 3 is 2.82 bits per heavy atom. The smallest absolute Gasteiger partial charge is 0.244 e. The Bertz CT molecular complexity index is 694. The lowest BCUT2D eigenvalue weighted by molar-refractivity contribution is -0.135. The van der Waals surface area contributed by atoms with Crippen LogP contribution in [0.2, 0.25) is 0 Å². The number of carbonyl (C=O) groups is 1. The fourth-order valence-electron chi connectivity index (χ4n) is 2.62. The second kappa shape index (κ2) is 6.18. The van der Waals surface area contributed by atoms with Crippen LogP contribution in [0.1, 0.15) is 18.3 Å². The van der Waals surface area contributed by atoms with E-state index >= 15 is 0 Å². The Hall–Kier alpha value is -1.73. The van der Waals surface area contributed by atoms with Crippen molar-refractivity contribution in [1.82, 2.24) is 14.9 Å². The number of amides is 1. The molecule has 1 aliphatic heterocycles. The van der Waals surface area contributed by atoms with Gasteiger partial charge in [0.2, 0.25) is 5.91 Å². The van der Waals surface area contributed by atoms with Crippen molar-refractivity contribution in [1.29, 1.82) is 0 Å². The number of nitrogens with one attached hydrogen (secondary N) is 1. The molecular weight excluding hydrogens is 300 g/mol. The highest BCUT2D eigenvalue weighted by molar-refractivity contribution is 7.17. The van der Waals surface area contributed by atoms with E-state index in [2.05, 4.69) is 20.7 Å². The molecule has 0 bridgehead atoms. The summed E-state index contributed by atoms with van der Waals surface area (Å²) in [5.74, 6) is 1.54. The summed E-state index contributed by atoms with van der Waals surface area (Å²) in [6, 6.07) is -0.324. The van der Waals surface area contributed by atoms with Gasteiger partial charge in [0.05, 0.1) is 18.6 Å². The molecule has 1 aliphatic rings. The van der Waals surface area contributed by atoms with Crippen molar-refractivity contribution in [3.8, 4) is 0 Å². The largest absolute Gasteiger partial charge is 0.378 e. The summed E-state index contributed by atoms with van der Waals surface area (Å²) < 4.78 is 5.29. The maximum absolute atomic E-state index is 12.5. The number of morpholine rings is 1. The van der Waals surface area contributed by atoms with Gasteiger partial charge in [-0.15, -0.1) is 11.3 Å². The van der Waals surface area contributed by atoms with Gasteiger partial charge in [-0.3, -0.25) is 4.79 Å². The van der Waals surface area contributed by atoms with Crippen molar-refractivity contribution in [2.24, 2.45) is 0 Å². The van der Waals surface area contributed by atoms with E-state index in [0.29, 0.717) is 32.1 Å². The molecule has 22 heavy (non-hydrogen) atoms. The summed E-state index contributed by atoms with van der Waals surface area (Å²) in [5.41, 5.74) is 1.13. The van der Waals surface area contributed by atoms with Crippen LogP contribution in [0.5, 0.6) is 0 Å².